The Bertz CT molecular complexity index is 1150. The number of fused-ring (bicyclic) bond motifs is 2. The first-order chi connectivity index (χ1) is 12.5. The number of nitrogens with zero attached hydrogens (tertiary/aromatic N) is 1. The molecule has 0 bridgehead atoms. The quantitative estimate of drug-likeness (QED) is 0.479. The first-order valence-corrected chi connectivity index (χ1v) is 8.85. The number of carboxylic acid groups (broad SMARTS) is 1. The van der Waals surface area contributed by atoms with Crippen LogP contribution in [0.25, 0.3) is 33.3 Å². The number of aromatic nitrogens is 1. The Kier molecular flexibility index (Phi) is 4.12. The lowest BCUT2D eigenvalue weighted by molar-refractivity contribution is 0.0699. The van der Waals surface area contributed by atoms with Crippen molar-refractivity contribution < 1.29 is 19.1 Å². The van der Waals surface area contributed by atoms with Gasteiger partial charge in [0.1, 0.15) is 17.0 Å². The third-order valence-corrected chi connectivity index (χ3v) is 4.55. The van der Waals surface area contributed by atoms with Gasteiger partial charge in [-0.3, -0.25) is 0 Å². The molecule has 4 aromatic rings. The summed E-state index contributed by atoms with van der Waals surface area (Å²) in [6.45, 7) is 2.39. The highest BCUT2D eigenvalue weighted by Crippen LogP contribution is 2.32. The Balaban J connectivity index is 1.91. The maximum atomic E-state index is 11.8. The summed E-state index contributed by atoms with van der Waals surface area (Å²) in [4.78, 5) is 16.4. The van der Waals surface area contributed by atoms with Crippen molar-refractivity contribution in [2.75, 3.05) is 6.61 Å². The van der Waals surface area contributed by atoms with Crippen LogP contribution in [0.3, 0.4) is 0 Å². The van der Waals surface area contributed by atoms with E-state index in [1.807, 2.05) is 31.2 Å². The predicted molar refractivity (Wildman–Crippen MR) is 103 cm³/mol. The Hall–Kier alpha value is -2.86. The zero-order valence-electron chi connectivity index (χ0n) is 13.8. The van der Waals surface area contributed by atoms with E-state index < -0.39 is 5.97 Å². The number of carbonyl (C=O) groups is 1. The lowest BCUT2D eigenvalue weighted by Gasteiger charge is -2.08. The lowest BCUT2D eigenvalue weighted by Crippen LogP contribution is -2.01. The molecule has 26 heavy (non-hydrogen) atoms. The van der Waals surface area contributed by atoms with Gasteiger partial charge < -0.3 is 14.3 Å². The number of benzene rings is 2. The van der Waals surface area contributed by atoms with Crippen LogP contribution in [-0.2, 0) is 0 Å². The average molecular weight is 412 g/mol. The molecule has 0 saturated heterocycles. The van der Waals surface area contributed by atoms with E-state index in [9.17, 15) is 9.90 Å². The highest BCUT2D eigenvalue weighted by atomic mass is 79.9. The van der Waals surface area contributed by atoms with Crippen molar-refractivity contribution >= 4 is 43.8 Å². The summed E-state index contributed by atoms with van der Waals surface area (Å²) in [6, 6.07) is 14.3. The van der Waals surface area contributed by atoms with E-state index in [2.05, 4.69) is 20.9 Å². The van der Waals surface area contributed by atoms with E-state index in [0.717, 1.165) is 9.86 Å². The summed E-state index contributed by atoms with van der Waals surface area (Å²) in [5.74, 6) is 0.119. The SMILES string of the molecule is CCOc1ccc2nc(-c3cc4cc(Br)ccc4o3)cc(C(=O)O)c2c1. The second-order valence-electron chi connectivity index (χ2n) is 5.76. The molecule has 0 unspecified atom stereocenters. The fourth-order valence-electron chi connectivity index (χ4n) is 2.90. The maximum absolute atomic E-state index is 11.8. The Morgan fingerprint density at radius 2 is 2.04 bits per heavy atom. The Morgan fingerprint density at radius 3 is 2.81 bits per heavy atom. The minimum Gasteiger partial charge on any atom is -0.494 e. The number of carboxylic acids is 1. The second-order valence-corrected chi connectivity index (χ2v) is 6.68. The molecule has 6 heteroatoms. The number of hydrogen-bond acceptors (Lipinski definition) is 4. The van der Waals surface area contributed by atoms with Gasteiger partial charge >= 0.3 is 5.97 Å². The van der Waals surface area contributed by atoms with Crippen LogP contribution < -0.4 is 4.74 Å². The summed E-state index contributed by atoms with van der Waals surface area (Å²) in [6.07, 6.45) is 0. The van der Waals surface area contributed by atoms with E-state index in [1.54, 1.807) is 18.2 Å². The van der Waals surface area contributed by atoms with Crippen molar-refractivity contribution in [2.45, 2.75) is 6.92 Å². The Labute approximate surface area is 157 Å². The largest absolute Gasteiger partial charge is 0.494 e. The van der Waals surface area contributed by atoms with Crippen molar-refractivity contribution in [3.63, 3.8) is 0 Å². The monoisotopic (exact) mass is 411 g/mol. The van der Waals surface area contributed by atoms with E-state index in [4.69, 9.17) is 9.15 Å². The minimum absolute atomic E-state index is 0.160. The highest BCUT2D eigenvalue weighted by Gasteiger charge is 2.16. The van der Waals surface area contributed by atoms with Gasteiger partial charge in [-0.1, -0.05) is 15.9 Å². The topological polar surface area (TPSA) is 72.6 Å². The van der Waals surface area contributed by atoms with Gasteiger partial charge in [0.2, 0.25) is 0 Å². The molecule has 0 aliphatic heterocycles. The van der Waals surface area contributed by atoms with Crippen LogP contribution in [0.5, 0.6) is 5.75 Å². The molecule has 1 N–H and O–H groups in total. The van der Waals surface area contributed by atoms with Crippen LogP contribution in [0, 0.1) is 0 Å². The van der Waals surface area contributed by atoms with Crippen molar-refractivity contribution in [2.24, 2.45) is 0 Å². The molecule has 0 atom stereocenters. The number of ether oxygens (including phenoxy) is 1. The first kappa shape index (κ1) is 16.6. The van der Waals surface area contributed by atoms with Crippen LogP contribution in [-0.4, -0.2) is 22.7 Å². The van der Waals surface area contributed by atoms with Crippen molar-refractivity contribution in [1.82, 2.24) is 4.98 Å². The average Bonchev–Trinajstić information content (AvgIpc) is 3.04. The third kappa shape index (κ3) is 2.93. The fourth-order valence-corrected chi connectivity index (χ4v) is 3.28. The summed E-state index contributed by atoms with van der Waals surface area (Å²) >= 11 is 3.43. The highest BCUT2D eigenvalue weighted by molar-refractivity contribution is 9.10. The molecule has 2 heterocycles. The standard InChI is InChI=1S/C20H14BrNO4/c1-2-25-13-4-5-16-14(9-13)15(20(23)24)10-17(22-16)19-8-11-7-12(21)3-6-18(11)26-19/h3-10H,2H2,1H3,(H,23,24). The maximum Gasteiger partial charge on any atom is 0.336 e. The molecular formula is C20H14BrNO4. The number of aromatic carboxylic acids is 1. The van der Waals surface area contributed by atoms with Crippen LogP contribution in [0.2, 0.25) is 0 Å². The van der Waals surface area contributed by atoms with Crippen LogP contribution in [0.15, 0.2) is 57.4 Å². The molecule has 0 fully saturated rings. The molecule has 0 aliphatic rings. The number of hydrogen-bond donors (Lipinski definition) is 1. The number of furan rings is 1. The van der Waals surface area contributed by atoms with Crippen molar-refractivity contribution in [1.29, 1.82) is 0 Å². The summed E-state index contributed by atoms with van der Waals surface area (Å²) in [7, 11) is 0. The predicted octanol–water partition coefficient (Wildman–Crippen LogP) is 5.51. The summed E-state index contributed by atoms with van der Waals surface area (Å²) in [5.41, 5.74) is 1.93. The van der Waals surface area contributed by atoms with Gasteiger partial charge in [0.05, 0.1) is 17.7 Å². The molecule has 0 aliphatic carbocycles. The smallest absolute Gasteiger partial charge is 0.336 e. The second kappa shape index (κ2) is 6.46. The van der Waals surface area contributed by atoms with E-state index in [-0.39, 0.29) is 5.56 Å². The van der Waals surface area contributed by atoms with Gasteiger partial charge in [-0.15, -0.1) is 0 Å². The lowest BCUT2D eigenvalue weighted by atomic mass is 10.1. The van der Waals surface area contributed by atoms with Gasteiger partial charge in [-0.05, 0) is 55.5 Å². The fraction of sp³-hybridized carbons (Fsp3) is 0.100. The van der Waals surface area contributed by atoms with E-state index in [0.29, 0.717) is 40.3 Å². The number of rotatable bonds is 4. The molecule has 2 aromatic heterocycles. The molecule has 130 valence electrons. The number of halogens is 1. The Morgan fingerprint density at radius 1 is 1.19 bits per heavy atom. The molecule has 0 spiro atoms. The number of pyridine rings is 1. The molecular weight excluding hydrogens is 398 g/mol. The van der Waals surface area contributed by atoms with Crippen molar-refractivity contribution in [3.8, 4) is 17.2 Å². The van der Waals surface area contributed by atoms with Gasteiger partial charge in [0.15, 0.2) is 5.76 Å². The molecule has 0 amide bonds. The van der Waals surface area contributed by atoms with Gasteiger partial charge in [-0.25, -0.2) is 9.78 Å². The van der Waals surface area contributed by atoms with Crippen LogP contribution in [0.1, 0.15) is 17.3 Å². The molecule has 5 nitrogen and oxygen atoms in total. The zero-order valence-corrected chi connectivity index (χ0v) is 15.4. The molecule has 0 radical (unpaired) electrons. The van der Waals surface area contributed by atoms with Gasteiger partial charge in [-0.2, -0.15) is 0 Å². The van der Waals surface area contributed by atoms with Crippen LogP contribution in [0.4, 0.5) is 0 Å². The minimum atomic E-state index is -1.02. The molecule has 0 saturated carbocycles. The van der Waals surface area contributed by atoms with E-state index >= 15 is 0 Å². The third-order valence-electron chi connectivity index (χ3n) is 4.05. The van der Waals surface area contributed by atoms with Crippen LogP contribution >= 0.6 is 15.9 Å². The summed E-state index contributed by atoms with van der Waals surface area (Å²) in [5, 5.41) is 11.1. The first-order valence-electron chi connectivity index (χ1n) is 8.05. The summed E-state index contributed by atoms with van der Waals surface area (Å²) < 4.78 is 12.3. The van der Waals surface area contributed by atoms with E-state index in [1.165, 1.54) is 6.07 Å². The van der Waals surface area contributed by atoms with Gasteiger partial charge in [0, 0.05) is 15.2 Å². The van der Waals surface area contributed by atoms with Gasteiger partial charge in [0.25, 0.3) is 0 Å². The molecule has 4 rings (SSSR count). The zero-order chi connectivity index (χ0) is 18.3. The van der Waals surface area contributed by atoms with Crippen molar-refractivity contribution in [3.05, 3.63) is 58.6 Å². The normalized spacial score (nSPS) is 11.2. The molecule has 2 aromatic carbocycles.